The lowest BCUT2D eigenvalue weighted by Gasteiger charge is -2.08. The number of nitrogens with one attached hydrogen (secondary N) is 1. The molecule has 0 bridgehead atoms. The molecule has 1 rings (SSSR count). The van der Waals surface area contributed by atoms with Gasteiger partial charge in [0, 0.05) is 11.0 Å². The highest BCUT2D eigenvalue weighted by Gasteiger charge is 2.18. The summed E-state index contributed by atoms with van der Waals surface area (Å²) in [5.74, 6) is -0.550. The first kappa shape index (κ1) is 13.8. The fourth-order valence-corrected chi connectivity index (χ4v) is 1.82. The maximum absolute atomic E-state index is 12.6. The van der Waals surface area contributed by atoms with Crippen LogP contribution in [-0.2, 0) is 21.3 Å². The van der Waals surface area contributed by atoms with Crippen LogP contribution in [0.4, 0.5) is 8.78 Å². The smallest absolute Gasteiger partial charge is 0.311 e. The number of aromatic nitrogens is 1. The first-order valence-electron chi connectivity index (χ1n) is 4.65. The molecular weight excluding hydrogens is 300 g/mol. The van der Waals surface area contributed by atoms with E-state index >= 15 is 0 Å². The molecule has 0 radical (unpaired) electrons. The summed E-state index contributed by atoms with van der Waals surface area (Å²) in [6.45, 7) is 0. The molecule has 0 unspecified atom stereocenters. The number of carbonyl (C=O) groups excluding carboxylic acids is 1. The van der Waals surface area contributed by atoms with Crippen molar-refractivity contribution in [3.05, 3.63) is 33.2 Å². The van der Waals surface area contributed by atoms with Crippen molar-refractivity contribution < 1.29 is 18.3 Å². The molecule has 0 aliphatic rings. The number of halogens is 3. The first-order valence-corrected chi connectivity index (χ1v) is 5.77. The molecule has 1 heterocycles. The topological polar surface area (TPSA) is 59.2 Å². The normalized spacial score (nSPS) is 10.6. The molecule has 4 nitrogen and oxygen atoms in total. The molecule has 94 valence electrons. The van der Waals surface area contributed by atoms with Gasteiger partial charge >= 0.3 is 5.97 Å². The Labute approximate surface area is 104 Å². The molecule has 0 fully saturated rings. The van der Waals surface area contributed by atoms with Gasteiger partial charge in [0.1, 0.15) is 0 Å². The Hall–Kier alpha value is -1.24. The molecular formula is C10H10BrF2NO3. The van der Waals surface area contributed by atoms with E-state index in [4.69, 9.17) is 0 Å². The van der Waals surface area contributed by atoms with Crippen LogP contribution in [-0.4, -0.2) is 18.1 Å². The van der Waals surface area contributed by atoms with Gasteiger partial charge in [-0.2, -0.15) is 0 Å². The third-order valence-electron chi connectivity index (χ3n) is 2.14. The van der Waals surface area contributed by atoms with Gasteiger partial charge in [-0.3, -0.25) is 9.59 Å². The van der Waals surface area contributed by atoms with Gasteiger partial charge in [0.15, 0.2) is 0 Å². The van der Waals surface area contributed by atoms with Gasteiger partial charge in [-0.15, -0.1) is 0 Å². The number of aromatic amines is 1. The molecule has 0 spiro atoms. The van der Waals surface area contributed by atoms with Crippen molar-refractivity contribution in [2.75, 3.05) is 7.11 Å². The summed E-state index contributed by atoms with van der Waals surface area (Å²) < 4.78 is 29.6. The van der Waals surface area contributed by atoms with Gasteiger partial charge in [0.25, 0.3) is 12.0 Å². The predicted molar refractivity (Wildman–Crippen MR) is 60.4 cm³/mol. The fourth-order valence-electron chi connectivity index (χ4n) is 1.36. The molecule has 1 aromatic heterocycles. The third kappa shape index (κ3) is 3.36. The highest BCUT2D eigenvalue weighted by Crippen LogP contribution is 2.21. The average molecular weight is 310 g/mol. The van der Waals surface area contributed by atoms with Gasteiger partial charge < -0.3 is 9.72 Å². The quantitative estimate of drug-likeness (QED) is 0.683. The molecule has 0 atom stereocenters. The van der Waals surface area contributed by atoms with E-state index in [1.165, 1.54) is 13.2 Å². The first-order chi connectivity index (χ1) is 7.99. The van der Waals surface area contributed by atoms with Crippen molar-refractivity contribution in [2.45, 2.75) is 18.2 Å². The van der Waals surface area contributed by atoms with Crippen LogP contribution in [0.5, 0.6) is 0 Å². The molecule has 0 saturated heterocycles. The van der Waals surface area contributed by atoms with Gasteiger partial charge in [-0.25, -0.2) is 8.78 Å². The number of carbonyl (C=O) groups is 1. The Balaban J connectivity index is 3.18. The standard InChI is InChI=1S/C10H10BrF2NO3/c1-17-7(15)3-6-2-5(4-11)8(9(12)13)10(16)14-6/h2,9H,3-4H2,1H3,(H,14,16). The van der Waals surface area contributed by atoms with Crippen molar-refractivity contribution in [3.63, 3.8) is 0 Å². The molecule has 7 heteroatoms. The summed E-state index contributed by atoms with van der Waals surface area (Å²) in [6, 6.07) is 1.36. The zero-order valence-corrected chi connectivity index (χ0v) is 10.5. The van der Waals surface area contributed by atoms with E-state index in [-0.39, 0.29) is 23.0 Å². The molecule has 0 aliphatic heterocycles. The zero-order valence-electron chi connectivity index (χ0n) is 8.93. The number of ether oxygens (including phenoxy) is 1. The Kier molecular flexibility index (Phi) is 4.80. The monoisotopic (exact) mass is 309 g/mol. The summed E-state index contributed by atoms with van der Waals surface area (Å²) in [5.41, 5.74) is -1.03. The summed E-state index contributed by atoms with van der Waals surface area (Å²) in [5, 5.41) is 0.116. The van der Waals surface area contributed by atoms with E-state index in [2.05, 4.69) is 25.7 Å². The van der Waals surface area contributed by atoms with Gasteiger partial charge in [0.05, 0.1) is 19.1 Å². The van der Waals surface area contributed by atoms with E-state index in [1.54, 1.807) is 0 Å². The van der Waals surface area contributed by atoms with Crippen LogP contribution in [0.3, 0.4) is 0 Å². The zero-order chi connectivity index (χ0) is 13.0. The third-order valence-corrected chi connectivity index (χ3v) is 2.74. The summed E-state index contributed by atoms with van der Waals surface area (Å²) in [4.78, 5) is 24.7. The van der Waals surface area contributed by atoms with Crippen molar-refractivity contribution in [3.8, 4) is 0 Å². The van der Waals surface area contributed by atoms with Crippen LogP contribution in [0.25, 0.3) is 0 Å². The Bertz CT molecular complexity index is 473. The van der Waals surface area contributed by atoms with Gasteiger partial charge in [0.2, 0.25) is 0 Å². The molecule has 0 aromatic carbocycles. The molecule has 1 N–H and O–H groups in total. The van der Waals surface area contributed by atoms with Crippen molar-refractivity contribution in [1.82, 2.24) is 4.98 Å². The number of rotatable bonds is 4. The van der Waals surface area contributed by atoms with Crippen LogP contribution in [0.1, 0.15) is 23.2 Å². The maximum Gasteiger partial charge on any atom is 0.311 e. The van der Waals surface area contributed by atoms with Crippen LogP contribution in [0.15, 0.2) is 10.9 Å². The summed E-state index contributed by atoms with van der Waals surface area (Å²) in [7, 11) is 1.21. The Morgan fingerprint density at radius 3 is 2.71 bits per heavy atom. The Morgan fingerprint density at radius 2 is 2.24 bits per heavy atom. The van der Waals surface area contributed by atoms with Gasteiger partial charge in [-0.05, 0) is 11.6 Å². The van der Waals surface area contributed by atoms with Crippen molar-refractivity contribution >= 4 is 21.9 Å². The molecule has 17 heavy (non-hydrogen) atoms. The maximum atomic E-state index is 12.6. The molecule has 1 aromatic rings. The van der Waals surface area contributed by atoms with E-state index in [9.17, 15) is 18.4 Å². The predicted octanol–water partition coefficient (Wildman–Crippen LogP) is 1.92. The number of hydrogen-bond acceptors (Lipinski definition) is 3. The molecule has 0 aliphatic carbocycles. The lowest BCUT2D eigenvalue weighted by Crippen LogP contribution is -2.19. The molecule has 0 saturated carbocycles. The minimum absolute atomic E-state index is 0.116. The van der Waals surface area contributed by atoms with E-state index in [1.807, 2.05) is 0 Å². The number of H-pyrrole nitrogens is 1. The highest BCUT2D eigenvalue weighted by atomic mass is 79.9. The largest absolute Gasteiger partial charge is 0.469 e. The molecule has 0 amide bonds. The van der Waals surface area contributed by atoms with E-state index in [0.29, 0.717) is 0 Å². The number of esters is 1. The second kappa shape index (κ2) is 5.90. The summed E-state index contributed by atoms with van der Waals surface area (Å²) >= 11 is 3.03. The van der Waals surface area contributed by atoms with Gasteiger partial charge in [-0.1, -0.05) is 15.9 Å². The minimum atomic E-state index is -2.85. The average Bonchev–Trinajstić information content (AvgIpc) is 2.27. The lowest BCUT2D eigenvalue weighted by atomic mass is 10.1. The number of methoxy groups -OCH3 is 1. The fraction of sp³-hybridized carbons (Fsp3) is 0.400. The SMILES string of the molecule is COC(=O)Cc1cc(CBr)c(C(F)F)c(=O)[nH]1. The van der Waals surface area contributed by atoms with Crippen LogP contribution in [0.2, 0.25) is 0 Å². The second-order valence-corrected chi connectivity index (χ2v) is 3.81. The number of pyridine rings is 1. The van der Waals surface area contributed by atoms with Crippen LogP contribution >= 0.6 is 15.9 Å². The van der Waals surface area contributed by atoms with Crippen LogP contribution < -0.4 is 5.56 Å². The summed E-state index contributed by atoms with van der Waals surface area (Å²) in [6.07, 6.45) is -3.01. The van der Waals surface area contributed by atoms with Crippen molar-refractivity contribution in [2.24, 2.45) is 0 Å². The van der Waals surface area contributed by atoms with E-state index in [0.717, 1.165) is 0 Å². The van der Waals surface area contributed by atoms with Crippen LogP contribution in [0, 0.1) is 0 Å². The van der Waals surface area contributed by atoms with E-state index < -0.39 is 23.5 Å². The second-order valence-electron chi connectivity index (χ2n) is 3.25. The lowest BCUT2D eigenvalue weighted by molar-refractivity contribution is -0.139. The number of hydrogen-bond donors (Lipinski definition) is 1. The Morgan fingerprint density at radius 1 is 1.59 bits per heavy atom. The highest BCUT2D eigenvalue weighted by molar-refractivity contribution is 9.08. The number of alkyl halides is 3. The minimum Gasteiger partial charge on any atom is -0.469 e. The van der Waals surface area contributed by atoms with Crippen molar-refractivity contribution in [1.29, 1.82) is 0 Å².